The summed E-state index contributed by atoms with van der Waals surface area (Å²) in [5.41, 5.74) is 1.50. The van der Waals surface area contributed by atoms with E-state index in [0.717, 1.165) is 22.6 Å². The molecule has 2 nitrogen and oxygen atoms in total. The molecule has 0 radical (unpaired) electrons. The van der Waals surface area contributed by atoms with Gasteiger partial charge in [-0.2, -0.15) is 0 Å². The van der Waals surface area contributed by atoms with Crippen molar-refractivity contribution in [2.24, 2.45) is 0 Å². The molecule has 0 saturated heterocycles. The van der Waals surface area contributed by atoms with Gasteiger partial charge >= 0.3 is 5.97 Å². The lowest BCUT2D eigenvalue weighted by atomic mass is 10.2. The highest BCUT2D eigenvalue weighted by atomic mass is 32.2. The molecular weight excluding hydrogens is 208 g/mol. The lowest BCUT2D eigenvalue weighted by Crippen LogP contribution is -1.98. The normalized spacial score (nSPS) is 9.93. The first-order valence-corrected chi connectivity index (χ1v) is 5.69. The van der Waals surface area contributed by atoms with Gasteiger partial charge in [-0.05, 0) is 25.5 Å². The van der Waals surface area contributed by atoms with Gasteiger partial charge in [0, 0.05) is 10.6 Å². The van der Waals surface area contributed by atoms with Crippen molar-refractivity contribution in [1.29, 1.82) is 0 Å². The van der Waals surface area contributed by atoms with Gasteiger partial charge in [0.15, 0.2) is 0 Å². The zero-order valence-electron chi connectivity index (χ0n) is 8.69. The summed E-state index contributed by atoms with van der Waals surface area (Å²) in [5.74, 6) is 0.00743. The Kier molecular flexibility index (Phi) is 4.43. The maximum atomic E-state index is 10.9. The number of allylic oxidation sites excluding steroid dienone is 1. The van der Waals surface area contributed by atoms with E-state index in [0.29, 0.717) is 5.56 Å². The first kappa shape index (κ1) is 11.9. The molecule has 15 heavy (non-hydrogen) atoms. The van der Waals surface area contributed by atoms with Crippen LogP contribution in [-0.4, -0.2) is 16.8 Å². The third-order valence-electron chi connectivity index (χ3n) is 1.90. The van der Waals surface area contributed by atoms with Crippen molar-refractivity contribution in [3.8, 4) is 0 Å². The van der Waals surface area contributed by atoms with Gasteiger partial charge in [0.05, 0.1) is 5.56 Å². The lowest BCUT2D eigenvalue weighted by Gasteiger charge is -2.04. The molecular formula is C12H14O2S. The summed E-state index contributed by atoms with van der Waals surface area (Å²) in [7, 11) is 0. The number of benzene rings is 1. The molecule has 0 aliphatic heterocycles. The highest BCUT2D eigenvalue weighted by Gasteiger charge is 2.08. The van der Waals surface area contributed by atoms with Gasteiger partial charge in [0.1, 0.15) is 0 Å². The van der Waals surface area contributed by atoms with Crippen LogP contribution < -0.4 is 0 Å². The molecule has 3 heteroatoms. The third-order valence-corrected chi connectivity index (χ3v) is 2.98. The monoisotopic (exact) mass is 222 g/mol. The molecule has 0 saturated carbocycles. The Labute approximate surface area is 94.0 Å². The fraction of sp³-hybridized carbons (Fsp3) is 0.250. The molecule has 1 rings (SSSR count). The van der Waals surface area contributed by atoms with Crippen molar-refractivity contribution < 1.29 is 9.90 Å². The van der Waals surface area contributed by atoms with Crippen LogP contribution in [-0.2, 0) is 0 Å². The van der Waals surface area contributed by atoms with Gasteiger partial charge < -0.3 is 5.11 Å². The minimum absolute atomic E-state index is 0.379. The molecule has 80 valence electrons. The predicted molar refractivity (Wildman–Crippen MR) is 63.6 cm³/mol. The number of thioether (sulfide) groups is 1. The van der Waals surface area contributed by atoms with E-state index in [2.05, 4.69) is 6.58 Å². The molecule has 0 fully saturated rings. The molecule has 0 atom stereocenters. The molecule has 1 N–H and O–H groups in total. The Balaban J connectivity index is 2.67. The van der Waals surface area contributed by atoms with Crippen LogP contribution in [0, 0.1) is 0 Å². The van der Waals surface area contributed by atoms with E-state index in [4.69, 9.17) is 5.11 Å². The van der Waals surface area contributed by atoms with Crippen molar-refractivity contribution in [1.82, 2.24) is 0 Å². The van der Waals surface area contributed by atoms with E-state index in [1.807, 2.05) is 19.1 Å². The van der Waals surface area contributed by atoms with Crippen molar-refractivity contribution in [2.45, 2.75) is 18.2 Å². The van der Waals surface area contributed by atoms with Gasteiger partial charge in [-0.25, -0.2) is 4.79 Å². The van der Waals surface area contributed by atoms with Gasteiger partial charge in [-0.3, -0.25) is 0 Å². The van der Waals surface area contributed by atoms with Crippen molar-refractivity contribution in [2.75, 3.05) is 5.75 Å². The average Bonchev–Trinajstić information content (AvgIpc) is 2.17. The first-order valence-electron chi connectivity index (χ1n) is 4.70. The van der Waals surface area contributed by atoms with Crippen LogP contribution in [0.3, 0.4) is 0 Å². The highest BCUT2D eigenvalue weighted by Crippen LogP contribution is 2.24. The first-order chi connectivity index (χ1) is 7.11. The molecule has 0 aliphatic rings. The van der Waals surface area contributed by atoms with Gasteiger partial charge in [0.25, 0.3) is 0 Å². The van der Waals surface area contributed by atoms with Crippen LogP contribution in [0.1, 0.15) is 23.7 Å². The summed E-state index contributed by atoms with van der Waals surface area (Å²) < 4.78 is 0. The zero-order chi connectivity index (χ0) is 11.3. The smallest absolute Gasteiger partial charge is 0.336 e. The SMILES string of the molecule is C=C(C)CCSc1ccccc1C(=O)O. The Hall–Kier alpha value is -1.22. The van der Waals surface area contributed by atoms with Crippen LogP contribution in [0.2, 0.25) is 0 Å². The van der Waals surface area contributed by atoms with Gasteiger partial charge in [0.2, 0.25) is 0 Å². The van der Waals surface area contributed by atoms with E-state index in [1.165, 1.54) is 0 Å². The third kappa shape index (κ3) is 3.80. The number of hydrogen-bond acceptors (Lipinski definition) is 2. The second-order valence-corrected chi connectivity index (χ2v) is 4.49. The minimum Gasteiger partial charge on any atom is -0.478 e. The molecule has 1 aromatic carbocycles. The largest absolute Gasteiger partial charge is 0.478 e. The van der Waals surface area contributed by atoms with Crippen LogP contribution in [0.4, 0.5) is 0 Å². The lowest BCUT2D eigenvalue weighted by molar-refractivity contribution is 0.0693. The maximum Gasteiger partial charge on any atom is 0.336 e. The average molecular weight is 222 g/mol. The number of carboxylic acid groups (broad SMARTS) is 1. The van der Waals surface area contributed by atoms with Gasteiger partial charge in [-0.15, -0.1) is 18.3 Å². The topological polar surface area (TPSA) is 37.3 Å². The molecule has 0 aliphatic carbocycles. The summed E-state index contributed by atoms with van der Waals surface area (Å²) in [5, 5.41) is 8.94. The molecule has 0 spiro atoms. The summed E-state index contributed by atoms with van der Waals surface area (Å²) in [4.78, 5) is 11.7. The summed E-state index contributed by atoms with van der Waals surface area (Å²) in [6, 6.07) is 7.07. The van der Waals surface area contributed by atoms with Crippen LogP contribution >= 0.6 is 11.8 Å². The number of carboxylic acids is 1. The van der Waals surface area contributed by atoms with Gasteiger partial charge in [-0.1, -0.05) is 17.7 Å². The second kappa shape index (κ2) is 5.61. The predicted octanol–water partition coefficient (Wildman–Crippen LogP) is 3.44. The molecule has 1 aromatic rings. The van der Waals surface area contributed by atoms with Crippen LogP contribution in [0.25, 0.3) is 0 Å². The standard InChI is InChI=1S/C12H14O2S/c1-9(2)7-8-15-11-6-4-3-5-10(11)12(13)14/h3-6H,1,7-8H2,2H3,(H,13,14). The van der Waals surface area contributed by atoms with E-state index < -0.39 is 5.97 Å². The number of aromatic carboxylic acids is 1. The molecule has 0 heterocycles. The number of hydrogen-bond donors (Lipinski definition) is 1. The quantitative estimate of drug-likeness (QED) is 0.612. The highest BCUT2D eigenvalue weighted by molar-refractivity contribution is 7.99. The minimum atomic E-state index is -0.867. The van der Waals surface area contributed by atoms with Crippen LogP contribution in [0.15, 0.2) is 41.3 Å². The van der Waals surface area contributed by atoms with Crippen molar-refractivity contribution in [3.05, 3.63) is 42.0 Å². The molecule has 0 unspecified atom stereocenters. The fourth-order valence-corrected chi connectivity index (χ4v) is 2.26. The summed E-state index contributed by atoms with van der Waals surface area (Å²) in [6.07, 6.45) is 0.915. The Morgan fingerprint density at radius 1 is 1.47 bits per heavy atom. The second-order valence-electron chi connectivity index (χ2n) is 3.36. The zero-order valence-corrected chi connectivity index (χ0v) is 9.51. The molecule has 0 bridgehead atoms. The van der Waals surface area contributed by atoms with Crippen molar-refractivity contribution >= 4 is 17.7 Å². The van der Waals surface area contributed by atoms with E-state index in [9.17, 15) is 4.79 Å². The number of carbonyl (C=O) groups is 1. The van der Waals surface area contributed by atoms with E-state index >= 15 is 0 Å². The summed E-state index contributed by atoms with van der Waals surface area (Å²) in [6.45, 7) is 5.79. The van der Waals surface area contributed by atoms with Crippen molar-refractivity contribution in [3.63, 3.8) is 0 Å². The molecule has 0 aromatic heterocycles. The Bertz CT molecular complexity index is 372. The fourth-order valence-electron chi connectivity index (χ4n) is 1.10. The Morgan fingerprint density at radius 3 is 2.73 bits per heavy atom. The van der Waals surface area contributed by atoms with E-state index in [1.54, 1.807) is 23.9 Å². The van der Waals surface area contributed by atoms with Crippen LogP contribution in [0.5, 0.6) is 0 Å². The maximum absolute atomic E-state index is 10.9. The summed E-state index contributed by atoms with van der Waals surface area (Å²) >= 11 is 1.56. The Morgan fingerprint density at radius 2 is 2.13 bits per heavy atom. The van der Waals surface area contributed by atoms with E-state index in [-0.39, 0.29) is 0 Å². The molecule has 0 amide bonds. The number of rotatable bonds is 5.